The number of ketones is 1. The minimum atomic E-state index is -0.437. The average molecular weight is 373 g/mol. The van der Waals surface area contributed by atoms with Gasteiger partial charge in [0.15, 0.2) is 5.78 Å². The van der Waals surface area contributed by atoms with Gasteiger partial charge in [-0.25, -0.2) is 4.39 Å². The number of Topliss-reactive ketones (excluding diaryl/α,β-unsaturated/α-hetero) is 1. The van der Waals surface area contributed by atoms with Gasteiger partial charge in [-0.05, 0) is 49.6 Å². The highest BCUT2D eigenvalue weighted by Gasteiger charge is 2.13. The van der Waals surface area contributed by atoms with Crippen LogP contribution in [0.2, 0.25) is 0 Å². The summed E-state index contributed by atoms with van der Waals surface area (Å²) in [6.45, 7) is 0. The zero-order chi connectivity index (χ0) is 13.1. The van der Waals surface area contributed by atoms with Crippen molar-refractivity contribution in [3.05, 3.63) is 62.5 Å². The molecule has 0 amide bonds. The van der Waals surface area contributed by atoms with Crippen molar-refractivity contribution in [3.63, 3.8) is 0 Å². The van der Waals surface area contributed by atoms with Gasteiger partial charge in [-0.2, -0.15) is 0 Å². The summed E-state index contributed by atoms with van der Waals surface area (Å²) >= 11 is 6.38. The molecular weight excluding hydrogens is 365 g/mol. The van der Waals surface area contributed by atoms with Crippen molar-refractivity contribution in [2.45, 2.75) is 6.42 Å². The van der Waals surface area contributed by atoms with E-state index in [2.05, 4.69) is 36.8 Å². The van der Waals surface area contributed by atoms with E-state index in [1.165, 1.54) is 12.1 Å². The van der Waals surface area contributed by atoms with Gasteiger partial charge >= 0.3 is 0 Å². The molecule has 18 heavy (non-hydrogen) atoms. The predicted molar refractivity (Wildman–Crippen MR) is 74.1 cm³/mol. The molecule has 0 unspecified atom stereocenters. The zero-order valence-electron chi connectivity index (χ0n) is 9.16. The van der Waals surface area contributed by atoms with E-state index in [0.29, 0.717) is 5.56 Å². The first-order chi connectivity index (χ1) is 8.58. The van der Waals surface area contributed by atoms with Crippen molar-refractivity contribution in [1.29, 1.82) is 0 Å². The summed E-state index contributed by atoms with van der Waals surface area (Å²) in [5.41, 5.74) is 1.13. The van der Waals surface area contributed by atoms with E-state index in [1.807, 2.05) is 6.07 Å². The Morgan fingerprint density at radius 1 is 1.28 bits per heavy atom. The minimum Gasteiger partial charge on any atom is -0.294 e. The number of nitrogens with zero attached hydrogens (tertiary/aromatic N) is 1. The number of carbonyl (C=O) groups is 1. The van der Waals surface area contributed by atoms with Crippen LogP contribution in [0.25, 0.3) is 0 Å². The Labute approximate surface area is 121 Å². The van der Waals surface area contributed by atoms with Crippen LogP contribution in [-0.2, 0) is 6.42 Å². The molecule has 0 spiro atoms. The monoisotopic (exact) mass is 371 g/mol. The number of pyridine rings is 1. The highest BCUT2D eigenvalue weighted by atomic mass is 79.9. The van der Waals surface area contributed by atoms with Crippen LogP contribution in [0.5, 0.6) is 0 Å². The number of rotatable bonds is 3. The minimum absolute atomic E-state index is 0.152. The van der Waals surface area contributed by atoms with Crippen molar-refractivity contribution in [1.82, 2.24) is 4.98 Å². The molecule has 0 aliphatic heterocycles. The highest BCUT2D eigenvalue weighted by Crippen LogP contribution is 2.22. The molecule has 0 saturated heterocycles. The molecule has 2 nitrogen and oxygen atoms in total. The number of aromatic nitrogens is 1. The van der Waals surface area contributed by atoms with E-state index >= 15 is 0 Å². The van der Waals surface area contributed by atoms with Crippen LogP contribution in [0, 0.1) is 5.82 Å². The van der Waals surface area contributed by atoms with Crippen molar-refractivity contribution in [3.8, 4) is 0 Å². The average Bonchev–Trinajstić information content (AvgIpc) is 2.32. The summed E-state index contributed by atoms with van der Waals surface area (Å²) in [5.74, 6) is -0.588. The number of benzene rings is 1. The van der Waals surface area contributed by atoms with Crippen LogP contribution in [0.15, 0.2) is 45.6 Å². The predicted octanol–water partition coefficient (Wildman–Crippen LogP) is 4.17. The molecule has 0 bridgehead atoms. The third-order valence-electron chi connectivity index (χ3n) is 2.38. The second-order valence-corrected chi connectivity index (χ2v) is 5.42. The van der Waals surface area contributed by atoms with Crippen LogP contribution in [0.1, 0.15) is 15.9 Å². The molecule has 0 aliphatic carbocycles. The summed E-state index contributed by atoms with van der Waals surface area (Å²) in [4.78, 5) is 16.0. The lowest BCUT2D eigenvalue weighted by Crippen LogP contribution is -2.05. The van der Waals surface area contributed by atoms with Gasteiger partial charge < -0.3 is 0 Å². The van der Waals surface area contributed by atoms with Crippen molar-refractivity contribution in [2.24, 2.45) is 0 Å². The van der Waals surface area contributed by atoms with Crippen LogP contribution in [-0.4, -0.2) is 10.8 Å². The van der Waals surface area contributed by atoms with Gasteiger partial charge in [-0.15, -0.1) is 0 Å². The lowest BCUT2D eigenvalue weighted by molar-refractivity contribution is 0.0991. The van der Waals surface area contributed by atoms with E-state index in [4.69, 9.17) is 0 Å². The lowest BCUT2D eigenvalue weighted by Gasteiger charge is -2.04. The fourth-order valence-corrected chi connectivity index (χ4v) is 2.45. The first-order valence-electron chi connectivity index (χ1n) is 5.14. The number of hydrogen-bond acceptors (Lipinski definition) is 2. The van der Waals surface area contributed by atoms with Gasteiger partial charge in [-0.3, -0.25) is 9.78 Å². The number of hydrogen-bond donors (Lipinski definition) is 0. The fraction of sp³-hybridized carbons (Fsp3) is 0.0769. The van der Waals surface area contributed by atoms with Crippen molar-refractivity contribution in [2.75, 3.05) is 0 Å². The molecule has 0 aliphatic rings. The summed E-state index contributed by atoms with van der Waals surface area (Å²) in [7, 11) is 0. The quantitative estimate of drug-likeness (QED) is 0.757. The Balaban J connectivity index is 2.25. The molecule has 1 aromatic carbocycles. The van der Waals surface area contributed by atoms with Gasteiger partial charge in [0.05, 0.1) is 4.47 Å². The molecule has 0 atom stereocenters. The Kier molecular flexibility index (Phi) is 4.24. The molecule has 0 saturated carbocycles. The Hall–Kier alpha value is -1.07. The van der Waals surface area contributed by atoms with Gasteiger partial charge in [-0.1, -0.05) is 12.1 Å². The van der Waals surface area contributed by atoms with Gasteiger partial charge in [0, 0.05) is 28.9 Å². The van der Waals surface area contributed by atoms with E-state index in [-0.39, 0.29) is 16.7 Å². The Bertz CT molecular complexity index is 601. The molecule has 0 radical (unpaired) electrons. The first-order valence-corrected chi connectivity index (χ1v) is 6.73. The molecule has 92 valence electrons. The van der Waals surface area contributed by atoms with E-state index < -0.39 is 5.82 Å². The number of halogens is 3. The maximum atomic E-state index is 13.3. The smallest absolute Gasteiger partial charge is 0.168 e. The number of carbonyl (C=O) groups excluding carboxylic acids is 1. The van der Waals surface area contributed by atoms with Crippen molar-refractivity contribution >= 4 is 37.6 Å². The fourth-order valence-electron chi connectivity index (χ4n) is 1.55. The largest absolute Gasteiger partial charge is 0.294 e. The topological polar surface area (TPSA) is 30.0 Å². The van der Waals surface area contributed by atoms with Gasteiger partial charge in [0.25, 0.3) is 0 Å². The summed E-state index contributed by atoms with van der Waals surface area (Å²) in [6, 6.07) is 6.24. The normalized spacial score (nSPS) is 10.4. The lowest BCUT2D eigenvalue weighted by atomic mass is 10.0. The molecule has 5 heteroatoms. The molecule has 1 heterocycles. The standard InChI is InChI=1S/C13H8Br2FNO/c14-9-4-8(6-17-7-9)5-12(18)10-2-1-3-11(16)13(10)15/h1-4,6-7H,5H2. The van der Waals surface area contributed by atoms with Gasteiger partial charge in [0.2, 0.25) is 0 Å². The van der Waals surface area contributed by atoms with Crippen LogP contribution in [0.4, 0.5) is 4.39 Å². The van der Waals surface area contributed by atoms with Crippen LogP contribution in [0.3, 0.4) is 0 Å². The van der Waals surface area contributed by atoms with Crippen molar-refractivity contribution < 1.29 is 9.18 Å². The molecule has 0 N–H and O–H groups in total. The third kappa shape index (κ3) is 3.03. The highest BCUT2D eigenvalue weighted by molar-refractivity contribution is 9.10. The molecule has 2 aromatic rings. The zero-order valence-corrected chi connectivity index (χ0v) is 12.3. The van der Waals surface area contributed by atoms with Crippen LogP contribution >= 0.6 is 31.9 Å². The molecule has 2 rings (SSSR count). The van der Waals surface area contributed by atoms with E-state index in [9.17, 15) is 9.18 Å². The maximum absolute atomic E-state index is 13.3. The second kappa shape index (κ2) is 5.71. The summed E-state index contributed by atoms with van der Waals surface area (Å²) in [6.07, 6.45) is 3.45. The van der Waals surface area contributed by atoms with Crippen LogP contribution < -0.4 is 0 Å². The van der Waals surface area contributed by atoms with Gasteiger partial charge in [0.1, 0.15) is 5.82 Å². The first kappa shape index (κ1) is 13.4. The summed E-state index contributed by atoms with van der Waals surface area (Å²) in [5, 5.41) is 0. The second-order valence-electron chi connectivity index (χ2n) is 3.71. The molecule has 0 fully saturated rings. The maximum Gasteiger partial charge on any atom is 0.168 e. The third-order valence-corrected chi connectivity index (χ3v) is 3.62. The Morgan fingerprint density at radius 3 is 2.78 bits per heavy atom. The Morgan fingerprint density at radius 2 is 2.06 bits per heavy atom. The molecular formula is C13H8Br2FNO. The van der Waals surface area contributed by atoms with E-state index in [1.54, 1.807) is 18.5 Å². The summed E-state index contributed by atoms with van der Waals surface area (Å²) < 4.78 is 14.3. The SMILES string of the molecule is O=C(Cc1cncc(Br)c1)c1cccc(F)c1Br. The van der Waals surface area contributed by atoms with E-state index in [0.717, 1.165) is 10.0 Å². The molecule has 1 aromatic heterocycles.